The molecule has 2 nitrogen and oxygen atoms in total. The van der Waals surface area contributed by atoms with Gasteiger partial charge < -0.3 is 9.84 Å². The molecule has 100 valence electrons. The van der Waals surface area contributed by atoms with Gasteiger partial charge in [-0.3, -0.25) is 0 Å². The summed E-state index contributed by atoms with van der Waals surface area (Å²) in [6.07, 6.45) is 3.47. The van der Waals surface area contributed by atoms with Crippen LogP contribution in [0.1, 0.15) is 44.3 Å². The third kappa shape index (κ3) is 2.66. The molecular formula is C15H21FO2. The third-order valence-corrected chi connectivity index (χ3v) is 3.95. The quantitative estimate of drug-likeness (QED) is 0.889. The molecule has 1 N–H and O–H groups in total. The molecule has 1 aromatic carbocycles. The molecule has 3 atom stereocenters. The summed E-state index contributed by atoms with van der Waals surface area (Å²) in [6, 6.07) is 4.69. The Morgan fingerprint density at radius 3 is 2.83 bits per heavy atom. The average Bonchev–Trinajstić information content (AvgIpc) is 2.37. The van der Waals surface area contributed by atoms with Gasteiger partial charge in [0.25, 0.3) is 0 Å². The Kier molecular flexibility index (Phi) is 4.23. The lowest BCUT2D eigenvalue weighted by Crippen LogP contribution is -2.21. The number of hydrogen-bond donors (Lipinski definition) is 1. The number of benzene rings is 1. The molecule has 0 bridgehead atoms. The van der Waals surface area contributed by atoms with Crippen LogP contribution in [-0.2, 0) is 0 Å². The summed E-state index contributed by atoms with van der Waals surface area (Å²) in [5, 5.41) is 10.4. The zero-order valence-electron chi connectivity index (χ0n) is 11.0. The number of methoxy groups -OCH3 is 1. The first-order chi connectivity index (χ1) is 8.63. The number of rotatable bonds is 3. The molecule has 0 heterocycles. The van der Waals surface area contributed by atoms with E-state index in [0.717, 1.165) is 19.3 Å². The average molecular weight is 252 g/mol. The Bertz CT molecular complexity index is 405. The van der Waals surface area contributed by atoms with Gasteiger partial charge in [0.2, 0.25) is 0 Å². The van der Waals surface area contributed by atoms with E-state index in [1.54, 1.807) is 12.1 Å². The molecule has 0 spiro atoms. The van der Waals surface area contributed by atoms with Gasteiger partial charge >= 0.3 is 0 Å². The number of aliphatic hydroxyl groups is 1. The molecule has 0 aliphatic heterocycles. The second-order valence-corrected chi connectivity index (χ2v) is 5.33. The van der Waals surface area contributed by atoms with Crippen molar-refractivity contribution in [1.82, 2.24) is 0 Å². The Morgan fingerprint density at radius 1 is 1.39 bits per heavy atom. The normalized spacial score (nSPS) is 25.8. The molecule has 1 aliphatic rings. The first-order valence-electron chi connectivity index (χ1n) is 6.64. The zero-order valence-corrected chi connectivity index (χ0v) is 11.0. The number of hydrogen-bond acceptors (Lipinski definition) is 2. The van der Waals surface area contributed by atoms with Crippen LogP contribution in [0.3, 0.4) is 0 Å². The van der Waals surface area contributed by atoms with E-state index in [1.165, 1.54) is 19.6 Å². The minimum Gasteiger partial charge on any atom is -0.496 e. The Labute approximate surface area is 108 Å². The van der Waals surface area contributed by atoms with Crippen molar-refractivity contribution < 1.29 is 14.2 Å². The highest BCUT2D eigenvalue weighted by Gasteiger charge is 2.30. The molecule has 1 fully saturated rings. The molecule has 3 heteroatoms. The van der Waals surface area contributed by atoms with E-state index in [-0.39, 0.29) is 11.7 Å². The van der Waals surface area contributed by atoms with Crippen LogP contribution in [0.25, 0.3) is 0 Å². The monoisotopic (exact) mass is 252 g/mol. The molecule has 1 aliphatic carbocycles. The third-order valence-electron chi connectivity index (χ3n) is 3.95. The summed E-state index contributed by atoms with van der Waals surface area (Å²) in [5.74, 6) is 0.816. The highest BCUT2D eigenvalue weighted by Crippen LogP contribution is 2.40. The molecule has 0 aromatic heterocycles. The van der Waals surface area contributed by atoms with Crippen molar-refractivity contribution in [2.45, 2.75) is 38.7 Å². The van der Waals surface area contributed by atoms with Crippen LogP contribution < -0.4 is 4.74 Å². The van der Waals surface area contributed by atoms with Crippen molar-refractivity contribution in [3.63, 3.8) is 0 Å². The van der Waals surface area contributed by atoms with Crippen LogP contribution >= 0.6 is 0 Å². The molecule has 0 saturated heterocycles. The van der Waals surface area contributed by atoms with E-state index in [4.69, 9.17) is 4.74 Å². The first kappa shape index (κ1) is 13.3. The van der Waals surface area contributed by atoms with E-state index in [1.807, 2.05) is 0 Å². The fourth-order valence-corrected chi connectivity index (χ4v) is 2.99. The Hall–Kier alpha value is -1.09. The van der Waals surface area contributed by atoms with Crippen LogP contribution in [-0.4, -0.2) is 12.2 Å². The standard InChI is InChI=1S/C15H21FO2/c1-10-5-3-6-11(9-10)15(17)14-12(16)7-4-8-13(14)18-2/h4,7-8,10-11,15,17H,3,5-6,9H2,1-2H3. The topological polar surface area (TPSA) is 29.5 Å². The predicted molar refractivity (Wildman–Crippen MR) is 69.0 cm³/mol. The summed E-state index contributed by atoms with van der Waals surface area (Å²) >= 11 is 0. The first-order valence-corrected chi connectivity index (χ1v) is 6.64. The molecule has 1 aromatic rings. The maximum absolute atomic E-state index is 13.9. The van der Waals surface area contributed by atoms with Gasteiger partial charge in [0.05, 0.1) is 18.8 Å². The van der Waals surface area contributed by atoms with E-state index in [9.17, 15) is 9.50 Å². The maximum atomic E-state index is 13.9. The maximum Gasteiger partial charge on any atom is 0.132 e. The molecule has 0 amide bonds. The van der Waals surface area contributed by atoms with Gasteiger partial charge in [-0.05, 0) is 36.8 Å². The van der Waals surface area contributed by atoms with Crippen molar-refractivity contribution >= 4 is 0 Å². The van der Waals surface area contributed by atoms with Crippen LogP contribution in [0.5, 0.6) is 5.75 Å². The minimum absolute atomic E-state index is 0.138. The molecule has 18 heavy (non-hydrogen) atoms. The smallest absolute Gasteiger partial charge is 0.132 e. The van der Waals surface area contributed by atoms with Crippen molar-refractivity contribution in [3.8, 4) is 5.75 Å². The van der Waals surface area contributed by atoms with Gasteiger partial charge in [-0.1, -0.05) is 25.8 Å². The Morgan fingerprint density at radius 2 is 2.17 bits per heavy atom. The molecule has 2 rings (SSSR count). The second kappa shape index (κ2) is 5.70. The van der Waals surface area contributed by atoms with Crippen molar-refractivity contribution in [2.24, 2.45) is 11.8 Å². The molecule has 1 saturated carbocycles. The van der Waals surface area contributed by atoms with E-state index >= 15 is 0 Å². The van der Waals surface area contributed by atoms with Crippen LogP contribution in [0.15, 0.2) is 18.2 Å². The van der Waals surface area contributed by atoms with Gasteiger partial charge in [-0.15, -0.1) is 0 Å². The summed E-state index contributed by atoms with van der Waals surface area (Å²) in [4.78, 5) is 0. The number of aliphatic hydroxyl groups excluding tert-OH is 1. The lowest BCUT2D eigenvalue weighted by molar-refractivity contribution is 0.0663. The lowest BCUT2D eigenvalue weighted by atomic mass is 9.77. The van der Waals surface area contributed by atoms with Crippen LogP contribution in [0, 0.1) is 17.7 Å². The zero-order chi connectivity index (χ0) is 13.1. The lowest BCUT2D eigenvalue weighted by Gasteiger charge is -2.31. The highest BCUT2D eigenvalue weighted by atomic mass is 19.1. The van der Waals surface area contributed by atoms with E-state index < -0.39 is 6.10 Å². The number of halogens is 1. The van der Waals surface area contributed by atoms with Gasteiger partial charge in [0.15, 0.2) is 0 Å². The fraction of sp³-hybridized carbons (Fsp3) is 0.600. The van der Waals surface area contributed by atoms with Gasteiger partial charge in [0.1, 0.15) is 11.6 Å². The van der Waals surface area contributed by atoms with Crippen LogP contribution in [0.4, 0.5) is 4.39 Å². The highest BCUT2D eigenvalue weighted by molar-refractivity contribution is 5.36. The van der Waals surface area contributed by atoms with Crippen molar-refractivity contribution in [2.75, 3.05) is 7.11 Å². The molecule has 3 unspecified atom stereocenters. The summed E-state index contributed by atoms with van der Waals surface area (Å²) in [5.41, 5.74) is 0.319. The summed E-state index contributed by atoms with van der Waals surface area (Å²) in [7, 11) is 1.51. The van der Waals surface area contributed by atoms with Crippen molar-refractivity contribution in [3.05, 3.63) is 29.6 Å². The van der Waals surface area contributed by atoms with Gasteiger partial charge in [-0.25, -0.2) is 4.39 Å². The summed E-state index contributed by atoms with van der Waals surface area (Å²) in [6.45, 7) is 2.19. The molecular weight excluding hydrogens is 231 g/mol. The summed E-state index contributed by atoms with van der Waals surface area (Å²) < 4.78 is 19.1. The fourth-order valence-electron chi connectivity index (χ4n) is 2.99. The number of ether oxygens (including phenoxy) is 1. The second-order valence-electron chi connectivity index (χ2n) is 5.33. The largest absolute Gasteiger partial charge is 0.496 e. The van der Waals surface area contributed by atoms with Gasteiger partial charge in [0, 0.05) is 0 Å². The van der Waals surface area contributed by atoms with Gasteiger partial charge in [-0.2, -0.15) is 0 Å². The Balaban J connectivity index is 2.24. The predicted octanol–water partition coefficient (Wildman–Crippen LogP) is 3.69. The van der Waals surface area contributed by atoms with E-state index in [2.05, 4.69) is 6.92 Å². The van der Waals surface area contributed by atoms with Crippen LogP contribution in [0.2, 0.25) is 0 Å². The van der Waals surface area contributed by atoms with E-state index in [0.29, 0.717) is 17.2 Å². The van der Waals surface area contributed by atoms with Crippen molar-refractivity contribution in [1.29, 1.82) is 0 Å². The molecule has 0 radical (unpaired) electrons. The minimum atomic E-state index is -0.760. The SMILES string of the molecule is COc1cccc(F)c1C(O)C1CCCC(C)C1.